The molecule has 2 aromatic rings. The molecule has 2 N–H and O–H groups in total. The van der Waals surface area contributed by atoms with E-state index < -0.39 is 0 Å². The summed E-state index contributed by atoms with van der Waals surface area (Å²) in [5.41, 5.74) is 0.831. The molecule has 0 atom stereocenters. The normalized spacial score (nSPS) is 16.9. The van der Waals surface area contributed by atoms with Gasteiger partial charge in [-0.3, -0.25) is 4.79 Å². The van der Waals surface area contributed by atoms with E-state index in [1.54, 1.807) is 18.4 Å². The number of nitrogens with zero attached hydrogens (tertiary/aromatic N) is 1. The summed E-state index contributed by atoms with van der Waals surface area (Å²) in [5.74, 6) is -0.0261. The van der Waals surface area contributed by atoms with E-state index in [4.69, 9.17) is 4.74 Å². The quantitative estimate of drug-likeness (QED) is 0.826. The second-order valence-corrected chi connectivity index (χ2v) is 8.22. The van der Waals surface area contributed by atoms with Gasteiger partial charge in [-0.2, -0.15) is 0 Å². The molecule has 130 valence electrons. The lowest BCUT2D eigenvalue weighted by molar-refractivity contribution is 0.0512. The predicted molar refractivity (Wildman–Crippen MR) is 98.9 cm³/mol. The zero-order valence-corrected chi connectivity index (χ0v) is 15.7. The van der Waals surface area contributed by atoms with Gasteiger partial charge in [-0.1, -0.05) is 6.07 Å². The van der Waals surface area contributed by atoms with Crippen LogP contribution in [0.25, 0.3) is 9.88 Å². The Morgan fingerprint density at radius 3 is 2.92 bits per heavy atom. The van der Waals surface area contributed by atoms with Crippen LogP contribution in [0.3, 0.4) is 0 Å². The van der Waals surface area contributed by atoms with Gasteiger partial charge in [-0.05, 0) is 44.3 Å². The third-order valence-corrected chi connectivity index (χ3v) is 6.67. The summed E-state index contributed by atoms with van der Waals surface area (Å²) in [6, 6.07) is 4.04. The van der Waals surface area contributed by atoms with E-state index in [1.807, 2.05) is 24.4 Å². The Balaban J connectivity index is 1.68. The minimum absolute atomic E-state index is 0.0261. The van der Waals surface area contributed by atoms with Crippen molar-refractivity contribution in [1.29, 1.82) is 0 Å². The van der Waals surface area contributed by atoms with Gasteiger partial charge in [0, 0.05) is 19.1 Å². The third-order valence-electron chi connectivity index (χ3n) is 4.47. The smallest absolute Gasteiger partial charge is 0.263 e. The summed E-state index contributed by atoms with van der Waals surface area (Å²) in [6.07, 6.45) is 2.03. The number of ether oxygens (including phenoxy) is 1. The molecular weight excluding hydrogens is 342 g/mol. The first-order valence-corrected chi connectivity index (χ1v) is 9.82. The van der Waals surface area contributed by atoms with Crippen molar-refractivity contribution in [2.24, 2.45) is 5.41 Å². The number of thiophene rings is 1. The highest BCUT2D eigenvalue weighted by Crippen LogP contribution is 2.32. The van der Waals surface area contributed by atoms with Gasteiger partial charge in [-0.15, -0.1) is 22.7 Å². The van der Waals surface area contributed by atoms with E-state index >= 15 is 0 Å². The predicted octanol–water partition coefficient (Wildman–Crippen LogP) is 2.93. The van der Waals surface area contributed by atoms with Crippen molar-refractivity contribution in [2.75, 3.05) is 33.4 Å². The van der Waals surface area contributed by atoms with E-state index in [9.17, 15) is 4.79 Å². The average Bonchev–Trinajstić information content (AvgIpc) is 3.23. The van der Waals surface area contributed by atoms with Crippen LogP contribution in [-0.2, 0) is 4.74 Å². The molecule has 0 aliphatic carbocycles. The van der Waals surface area contributed by atoms with Gasteiger partial charge in [0.1, 0.15) is 9.88 Å². The average molecular weight is 366 g/mol. The SMILES string of the molecule is COCC1(CNC(=O)c2sc(-c3cccs3)nc2C)CCNCC1. The molecule has 3 rings (SSSR count). The second kappa shape index (κ2) is 7.74. The lowest BCUT2D eigenvalue weighted by Gasteiger charge is -2.37. The summed E-state index contributed by atoms with van der Waals surface area (Å²) in [4.78, 5) is 19.0. The zero-order valence-electron chi connectivity index (χ0n) is 14.1. The maximum Gasteiger partial charge on any atom is 0.263 e. The second-order valence-electron chi connectivity index (χ2n) is 6.28. The molecule has 7 heteroatoms. The Morgan fingerprint density at radius 2 is 2.25 bits per heavy atom. The number of rotatable bonds is 6. The first kappa shape index (κ1) is 17.5. The molecule has 0 spiro atoms. The summed E-state index contributed by atoms with van der Waals surface area (Å²) in [5, 5.41) is 9.43. The van der Waals surface area contributed by atoms with Gasteiger partial charge in [0.25, 0.3) is 5.91 Å². The first-order chi connectivity index (χ1) is 11.6. The van der Waals surface area contributed by atoms with Crippen LogP contribution in [0.5, 0.6) is 0 Å². The Morgan fingerprint density at radius 1 is 1.46 bits per heavy atom. The van der Waals surface area contributed by atoms with E-state index in [0.717, 1.165) is 41.5 Å². The first-order valence-electron chi connectivity index (χ1n) is 8.13. The van der Waals surface area contributed by atoms with E-state index in [0.29, 0.717) is 18.0 Å². The van der Waals surface area contributed by atoms with Crippen molar-refractivity contribution in [3.05, 3.63) is 28.1 Å². The molecule has 1 amide bonds. The van der Waals surface area contributed by atoms with Crippen LogP contribution in [0.15, 0.2) is 17.5 Å². The standard InChI is InChI=1S/C17H23N3O2S2/c1-12-14(24-16(20-12)13-4-3-9-23-13)15(21)19-10-17(11-22-2)5-7-18-8-6-17/h3-4,9,18H,5-8,10-11H2,1-2H3,(H,19,21). The fourth-order valence-corrected chi connectivity index (χ4v) is 4.88. The van der Waals surface area contributed by atoms with Gasteiger partial charge in [0.15, 0.2) is 0 Å². The lowest BCUT2D eigenvalue weighted by atomic mass is 9.79. The van der Waals surface area contributed by atoms with Crippen molar-refractivity contribution < 1.29 is 9.53 Å². The number of thiazole rings is 1. The van der Waals surface area contributed by atoms with Gasteiger partial charge < -0.3 is 15.4 Å². The van der Waals surface area contributed by atoms with Crippen LogP contribution >= 0.6 is 22.7 Å². The molecule has 3 heterocycles. The van der Waals surface area contributed by atoms with Gasteiger partial charge in [0.05, 0.1) is 17.2 Å². The van der Waals surface area contributed by atoms with Gasteiger partial charge in [-0.25, -0.2) is 4.98 Å². The molecule has 1 fully saturated rings. The monoisotopic (exact) mass is 365 g/mol. The maximum absolute atomic E-state index is 12.6. The number of carbonyl (C=O) groups excluding carboxylic acids is 1. The van der Waals surface area contributed by atoms with Crippen molar-refractivity contribution in [1.82, 2.24) is 15.6 Å². The van der Waals surface area contributed by atoms with Crippen molar-refractivity contribution in [2.45, 2.75) is 19.8 Å². The highest BCUT2D eigenvalue weighted by Gasteiger charge is 2.33. The summed E-state index contributed by atoms with van der Waals surface area (Å²) < 4.78 is 5.41. The minimum atomic E-state index is -0.0261. The Hall–Kier alpha value is -1.28. The van der Waals surface area contributed by atoms with E-state index in [1.165, 1.54) is 11.3 Å². The molecule has 1 saturated heterocycles. The molecule has 1 aliphatic rings. The zero-order chi connectivity index (χ0) is 17.0. The molecule has 2 aromatic heterocycles. The van der Waals surface area contributed by atoms with Crippen LogP contribution in [0, 0.1) is 12.3 Å². The molecule has 0 saturated carbocycles. The topological polar surface area (TPSA) is 63.2 Å². The summed E-state index contributed by atoms with van der Waals surface area (Å²) in [7, 11) is 1.73. The maximum atomic E-state index is 12.6. The minimum Gasteiger partial charge on any atom is -0.384 e. The van der Waals surface area contributed by atoms with Crippen molar-refractivity contribution in [3.63, 3.8) is 0 Å². The number of hydrogen-bond acceptors (Lipinski definition) is 6. The fraction of sp³-hybridized carbons (Fsp3) is 0.529. The van der Waals surface area contributed by atoms with E-state index in [-0.39, 0.29) is 11.3 Å². The van der Waals surface area contributed by atoms with Crippen LogP contribution in [0.2, 0.25) is 0 Å². The number of aromatic nitrogens is 1. The van der Waals surface area contributed by atoms with Crippen LogP contribution in [0.4, 0.5) is 0 Å². The molecule has 1 aliphatic heterocycles. The number of amides is 1. The van der Waals surface area contributed by atoms with Crippen LogP contribution < -0.4 is 10.6 Å². The Kier molecular flexibility index (Phi) is 5.65. The molecule has 0 radical (unpaired) electrons. The molecule has 0 aromatic carbocycles. The van der Waals surface area contributed by atoms with Crippen molar-refractivity contribution in [3.8, 4) is 9.88 Å². The van der Waals surface area contributed by atoms with Crippen LogP contribution in [0.1, 0.15) is 28.2 Å². The van der Waals surface area contributed by atoms with Crippen molar-refractivity contribution >= 4 is 28.6 Å². The van der Waals surface area contributed by atoms with Gasteiger partial charge in [0.2, 0.25) is 0 Å². The molecular formula is C17H23N3O2S2. The number of nitrogens with one attached hydrogen (secondary N) is 2. The molecule has 5 nitrogen and oxygen atoms in total. The highest BCUT2D eigenvalue weighted by molar-refractivity contribution is 7.22. The molecule has 0 bridgehead atoms. The Labute approximate surface area is 150 Å². The van der Waals surface area contributed by atoms with Crippen LogP contribution in [-0.4, -0.2) is 44.2 Å². The Bertz CT molecular complexity index is 671. The number of methoxy groups -OCH3 is 1. The largest absolute Gasteiger partial charge is 0.384 e. The number of hydrogen-bond donors (Lipinski definition) is 2. The fourth-order valence-electron chi connectivity index (χ4n) is 3.10. The summed E-state index contributed by atoms with van der Waals surface area (Å²) >= 11 is 3.11. The molecule has 24 heavy (non-hydrogen) atoms. The van der Waals surface area contributed by atoms with E-state index in [2.05, 4.69) is 15.6 Å². The highest BCUT2D eigenvalue weighted by atomic mass is 32.1. The summed E-state index contributed by atoms with van der Waals surface area (Å²) in [6.45, 7) is 5.17. The van der Waals surface area contributed by atoms with Gasteiger partial charge >= 0.3 is 0 Å². The number of aryl methyl sites for hydroxylation is 1. The number of piperidine rings is 1. The lowest BCUT2D eigenvalue weighted by Crippen LogP contribution is -2.47. The number of carbonyl (C=O) groups is 1. The molecule has 0 unspecified atom stereocenters. The third kappa shape index (κ3) is 3.85.